The summed E-state index contributed by atoms with van der Waals surface area (Å²) in [7, 11) is 0. The van der Waals surface area contributed by atoms with Gasteiger partial charge in [0.15, 0.2) is 0 Å². The lowest BCUT2D eigenvalue weighted by atomic mass is 10.0. The Labute approximate surface area is 220 Å². The van der Waals surface area contributed by atoms with Crippen LogP contribution in [0.2, 0.25) is 0 Å². The van der Waals surface area contributed by atoms with E-state index in [1.54, 1.807) is 48.1 Å². The third-order valence-corrected chi connectivity index (χ3v) is 6.18. The molecule has 4 nitrogen and oxygen atoms in total. The zero-order chi connectivity index (χ0) is 27.7. The molecule has 2 aliphatic carbocycles. The highest BCUT2D eigenvalue weighted by molar-refractivity contribution is 5.84. The van der Waals surface area contributed by atoms with Gasteiger partial charge in [0.25, 0.3) is 0 Å². The Kier molecular flexibility index (Phi) is 10.4. The van der Waals surface area contributed by atoms with Crippen molar-refractivity contribution in [1.82, 2.24) is 15.1 Å². The van der Waals surface area contributed by atoms with Gasteiger partial charge in [-0.25, -0.2) is 8.78 Å². The molecule has 0 radical (unpaired) electrons. The molecule has 1 saturated carbocycles. The Hall–Kier alpha value is -3.23. The van der Waals surface area contributed by atoms with Crippen molar-refractivity contribution in [3.63, 3.8) is 0 Å². The highest BCUT2D eigenvalue weighted by atomic mass is 19.4. The van der Waals surface area contributed by atoms with Crippen LogP contribution < -0.4 is 5.32 Å². The molecule has 3 atom stereocenters. The number of amides is 1. The minimum atomic E-state index is -4.36. The van der Waals surface area contributed by atoms with Gasteiger partial charge in [-0.1, -0.05) is 42.5 Å². The molecule has 3 unspecified atom stereocenters. The number of nitrogens with one attached hydrogen (secondary N) is 1. The molecule has 1 amide bonds. The predicted octanol–water partition coefficient (Wildman–Crippen LogP) is 7.66. The van der Waals surface area contributed by atoms with E-state index in [1.165, 1.54) is 18.2 Å². The Balaban J connectivity index is 1.82. The summed E-state index contributed by atoms with van der Waals surface area (Å²) >= 11 is 0. The summed E-state index contributed by atoms with van der Waals surface area (Å²) < 4.78 is 69.3. The summed E-state index contributed by atoms with van der Waals surface area (Å²) in [6, 6.07) is 1.08. The van der Waals surface area contributed by atoms with Gasteiger partial charge in [0, 0.05) is 11.6 Å². The van der Waals surface area contributed by atoms with Crippen LogP contribution >= 0.6 is 0 Å². The normalized spacial score (nSPS) is 21.3. The van der Waals surface area contributed by atoms with Crippen LogP contribution in [0.3, 0.4) is 0 Å². The Morgan fingerprint density at radius 1 is 1.24 bits per heavy atom. The maximum absolute atomic E-state index is 14.6. The monoisotopic (exact) mass is 535 g/mol. The van der Waals surface area contributed by atoms with E-state index in [-0.39, 0.29) is 17.3 Å². The number of hydrogen-bond acceptors (Lipinski definition) is 2. The second-order valence-electron chi connectivity index (χ2n) is 9.59. The van der Waals surface area contributed by atoms with Crippen molar-refractivity contribution in [2.24, 2.45) is 5.92 Å². The van der Waals surface area contributed by atoms with Gasteiger partial charge >= 0.3 is 6.18 Å². The van der Waals surface area contributed by atoms with Crippen molar-refractivity contribution in [2.75, 3.05) is 0 Å². The fraction of sp³-hybridized carbons (Fsp3) is 0.448. The number of carbonyl (C=O) groups is 1. The van der Waals surface area contributed by atoms with Gasteiger partial charge in [0.1, 0.15) is 12.0 Å². The van der Waals surface area contributed by atoms with E-state index in [4.69, 9.17) is 0 Å². The lowest BCUT2D eigenvalue weighted by Crippen LogP contribution is -2.29. The first kappa shape index (κ1) is 29.3. The lowest BCUT2D eigenvalue weighted by molar-refractivity contribution is -0.128. The molecule has 38 heavy (non-hydrogen) atoms. The minimum absolute atomic E-state index is 0.0394. The zero-order valence-electron chi connectivity index (χ0n) is 21.4. The van der Waals surface area contributed by atoms with Gasteiger partial charge in [-0.05, 0) is 63.7 Å². The molecule has 1 aromatic rings. The van der Waals surface area contributed by atoms with Crippen molar-refractivity contribution < 1.29 is 26.7 Å². The first-order valence-corrected chi connectivity index (χ1v) is 12.9. The van der Waals surface area contributed by atoms with Crippen molar-refractivity contribution in [1.29, 1.82) is 0 Å². The van der Waals surface area contributed by atoms with Gasteiger partial charge in [-0.2, -0.15) is 18.3 Å². The van der Waals surface area contributed by atoms with E-state index < -0.39 is 42.5 Å². The highest BCUT2D eigenvalue weighted by Gasteiger charge is 2.33. The van der Waals surface area contributed by atoms with Crippen LogP contribution in [0, 0.1) is 5.92 Å². The van der Waals surface area contributed by atoms with Crippen molar-refractivity contribution in [3.05, 3.63) is 90.2 Å². The lowest BCUT2D eigenvalue weighted by Gasteiger charge is -2.15. The number of unbranched alkanes of at least 4 members (excludes halogenated alkanes) is 1. The summed E-state index contributed by atoms with van der Waals surface area (Å²) in [4.78, 5) is 13.2. The first-order chi connectivity index (χ1) is 18.1. The topological polar surface area (TPSA) is 46.9 Å². The van der Waals surface area contributed by atoms with Gasteiger partial charge < -0.3 is 5.32 Å². The van der Waals surface area contributed by atoms with Crippen LogP contribution in [0.5, 0.6) is 0 Å². The van der Waals surface area contributed by atoms with E-state index in [1.807, 2.05) is 0 Å². The second kappa shape index (κ2) is 13.5. The van der Waals surface area contributed by atoms with Crippen LogP contribution in [0.1, 0.15) is 68.8 Å². The first-order valence-electron chi connectivity index (χ1n) is 12.9. The van der Waals surface area contributed by atoms with Crippen molar-refractivity contribution >= 4 is 5.91 Å². The molecule has 0 aliphatic heterocycles. The summed E-state index contributed by atoms with van der Waals surface area (Å²) in [6.07, 6.45) is 10.7. The van der Waals surface area contributed by atoms with Crippen molar-refractivity contribution in [3.8, 4) is 0 Å². The molecule has 1 heterocycles. The average Bonchev–Trinajstić information content (AvgIpc) is 3.60. The average molecular weight is 536 g/mol. The predicted molar refractivity (Wildman–Crippen MR) is 139 cm³/mol. The molecule has 1 fully saturated rings. The van der Waals surface area contributed by atoms with E-state index >= 15 is 0 Å². The number of hydrogen-bond donors (Lipinski definition) is 1. The van der Waals surface area contributed by atoms with E-state index in [2.05, 4.69) is 17.0 Å². The van der Waals surface area contributed by atoms with Crippen LogP contribution in [-0.4, -0.2) is 28.0 Å². The molecule has 1 aromatic heterocycles. The molecular formula is C29H34F5N3O. The molecule has 206 valence electrons. The smallest absolute Gasteiger partial charge is 0.323 e. The summed E-state index contributed by atoms with van der Waals surface area (Å²) in [6.45, 7) is 5.45. The summed E-state index contributed by atoms with van der Waals surface area (Å²) in [5.41, 5.74) is 0.469. The number of halogens is 5. The second-order valence-corrected chi connectivity index (χ2v) is 9.59. The molecule has 0 aromatic carbocycles. The summed E-state index contributed by atoms with van der Waals surface area (Å²) in [5.74, 6) is -1.92. The van der Waals surface area contributed by atoms with Crippen molar-refractivity contribution in [2.45, 2.75) is 76.2 Å². The highest BCUT2D eigenvalue weighted by Crippen LogP contribution is 2.41. The molecule has 0 spiro atoms. The quantitative estimate of drug-likeness (QED) is 0.180. The number of rotatable bonds is 11. The van der Waals surface area contributed by atoms with E-state index in [0.29, 0.717) is 25.7 Å². The van der Waals surface area contributed by atoms with E-state index in [9.17, 15) is 26.7 Å². The number of allylic oxidation sites excluding steroid dienone is 8. The van der Waals surface area contributed by atoms with Gasteiger partial charge in [-0.15, -0.1) is 6.58 Å². The molecule has 3 rings (SSSR count). The SMILES string of the molecule is C=CCC/C=C\C(/C=C\C(C)n1nc(CC(F)(F)F)cc1C1CC1)C(=O)NC1=CC(F)/C=C\CCC=C1F. The Morgan fingerprint density at radius 2 is 2.00 bits per heavy atom. The zero-order valence-corrected chi connectivity index (χ0v) is 21.4. The van der Waals surface area contributed by atoms with Gasteiger partial charge in [0.2, 0.25) is 5.91 Å². The number of carbonyl (C=O) groups excluding carboxylic acids is 1. The molecule has 1 N–H and O–H groups in total. The van der Waals surface area contributed by atoms with Crippen LogP contribution in [-0.2, 0) is 11.2 Å². The molecule has 9 heteroatoms. The van der Waals surface area contributed by atoms with Crippen LogP contribution in [0.15, 0.2) is 78.9 Å². The maximum Gasteiger partial charge on any atom is 0.394 e. The minimum Gasteiger partial charge on any atom is -0.323 e. The van der Waals surface area contributed by atoms with Gasteiger partial charge in [-0.3, -0.25) is 9.48 Å². The third kappa shape index (κ3) is 9.26. The Bertz CT molecular complexity index is 1120. The third-order valence-electron chi connectivity index (χ3n) is 6.18. The Morgan fingerprint density at radius 3 is 2.68 bits per heavy atom. The summed E-state index contributed by atoms with van der Waals surface area (Å²) in [5, 5.41) is 6.71. The van der Waals surface area contributed by atoms with E-state index in [0.717, 1.165) is 24.6 Å². The maximum atomic E-state index is 14.6. The molecular weight excluding hydrogens is 501 g/mol. The van der Waals surface area contributed by atoms with Crippen LogP contribution in [0.4, 0.5) is 22.0 Å². The number of aromatic nitrogens is 2. The van der Waals surface area contributed by atoms with Crippen LogP contribution in [0.25, 0.3) is 0 Å². The number of nitrogens with zero attached hydrogens (tertiary/aromatic N) is 2. The molecule has 0 saturated heterocycles. The largest absolute Gasteiger partial charge is 0.394 e. The fourth-order valence-corrected chi connectivity index (χ4v) is 4.08. The fourth-order valence-electron chi connectivity index (χ4n) is 4.08. The number of alkyl halides is 4. The molecule has 2 aliphatic rings. The standard InChI is InChI=1S/C29H34F5N3O/c1-3-4-5-7-10-22(28(38)35-26-17-23(30)11-8-6-9-12-25(26)31)14-13-20(2)37-27(21-15-16-21)18-24(36-37)19-29(32,33)34/h3,7-8,10-14,17-18,20-23H,1,4-6,9,15-16,19H2,2H3,(H,35,38)/b10-7-,11-8-,14-13-,25-12?,26-17?. The van der Waals surface area contributed by atoms with Gasteiger partial charge in [0.05, 0.1) is 29.8 Å². The molecule has 0 bridgehead atoms.